The average Bonchev–Trinajstić information content (AvgIpc) is 2.18. The molecule has 1 aromatic carbocycles. The Morgan fingerprint density at radius 3 is 2.71 bits per heavy atom. The van der Waals surface area contributed by atoms with Gasteiger partial charge >= 0.3 is 0 Å². The molecular weight excluding hydrogens is 172 g/mol. The molecule has 14 heavy (non-hydrogen) atoms. The maximum absolute atomic E-state index is 4.31. The van der Waals surface area contributed by atoms with Gasteiger partial charge in [0.05, 0.1) is 5.52 Å². The normalized spacial score (nSPS) is 11.1. The Kier molecular flexibility index (Phi) is 2.20. The molecule has 0 spiro atoms. The predicted molar refractivity (Wildman–Crippen MR) is 58.4 cm³/mol. The first-order valence-electron chi connectivity index (χ1n) is 4.89. The van der Waals surface area contributed by atoms with Crippen LogP contribution in [0.1, 0.15) is 30.9 Å². The van der Waals surface area contributed by atoms with Crippen molar-refractivity contribution in [2.24, 2.45) is 0 Å². The number of fused-ring (bicyclic) bond motifs is 1. The van der Waals surface area contributed by atoms with Crippen molar-refractivity contribution in [2.45, 2.75) is 26.7 Å². The van der Waals surface area contributed by atoms with Gasteiger partial charge in [0.25, 0.3) is 0 Å². The molecule has 0 bridgehead atoms. The minimum atomic E-state index is 0.550. The van der Waals surface area contributed by atoms with Crippen LogP contribution in [-0.2, 0) is 0 Å². The van der Waals surface area contributed by atoms with Crippen LogP contribution in [0.5, 0.6) is 0 Å². The molecule has 0 saturated heterocycles. The average molecular weight is 186 g/mol. The van der Waals surface area contributed by atoms with E-state index in [4.69, 9.17) is 0 Å². The molecule has 1 heterocycles. The van der Waals surface area contributed by atoms with Crippen molar-refractivity contribution in [1.82, 2.24) is 9.97 Å². The summed E-state index contributed by atoms with van der Waals surface area (Å²) in [5.74, 6) is 0.550. The Morgan fingerprint density at radius 1 is 1.21 bits per heavy atom. The van der Waals surface area contributed by atoms with Crippen LogP contribution in [0, 0.1) is 6.92 Å². The topological polar surface area (TPSA) is 25.8 Å². The van der Waals surface area contributed by atoms with E-state index >= 15 is 0 Å². The highest BCUT2D eigenvalue weighted by atomic mass is 14.8. The molecule has 2 nitrogen and oxygen atoms in total. The Bertz CT molecular complexity index is 461. The lowest BCUT2D eigenvalue weighted by atomic mass is 9.96. The van der Waals surface area contributed by atoms with Crippen LogP contribution in [0.2, 0.25) is 0 Å². The Labute approximate surface area is 84.0 Å². The largest absolute Gasteiger partial charge is 0.244 e. The number of aromatic nitrogens is 2. The van der Waals surface area contributed by atoms with Crippen LogP contribution >= 0.6 is 0 Å². The Morgan fingerprint density at radius 2 is 2.00 bits per heavy atom. The van der Waals surface area contributed by atoms with Crippen LogP contribution in [0.4, 0.5) is 0 Å². The lowest BCUT2D eigenvalue weighted by Crippen LogP contribution is -1.94. The van der Waals surface area contributed by atoms with Crippen LogP contribution < -0.4 is 0 Å². The van der Waals surface area contributed by atoms with Crippen LogP contribution in [0.15, 0.2) is 24.7 Å². The highest BCUT2D eigenvalue weighted by Gasteiger charge is 2.06. The molecule has 72 valence electrons. The van der Waals surface area contributed by atoms with Gasteiger partial charge in [0, 0.05) is 11.6 Å². The monoisotopic (exact) mass is 186 g/mol. The fraction of sp³-hybridized carbons (Fsp3) is 0.333. The summed E-state index contributed by atoms with van der Waals surface area (Å²) in [4.78, 5) is 8.33. The summed E-state index contributed by atoms with van der Waals surface area (Å²) >= 11 is 0. The minimum Gasteiger partial charge on any atom is -0.244 e. The number of hydrogen-bond donors (Lipinski definition) is 0. The third-order valence-corrected chi connectivity index (χ3v) is 2.59. The summed E-state index contributed by atoms with van der Waals surface area (Å²) in [5, 5.41) is 1.12. The Balaban J connectivity index is 2.75. The molecule has 0 fully saturated rings. The second-order valence-corrected chi connectivity index (χ2v) is 3.90. The molecule has 0 atom stereocenters. The van der Waals surface area contributed by atoms with E-state index in [0.29, 0.717) is 5.92 Å². The summed E-state index contributed by atoms with van der Waals surface area (Å²) in [5.41, 5.74) is 3.72. The lowest BCUT2D eigenvalue weighted by molar-refractivity contribution is 0.858. The molecule has 1 aromatic heterocycles. The Hall–Kier alpha value is -1.44. The van der Waals surface area contributed by atoms with E-state index in [0.717, 1.165) is 10.9 Å². The first-order chi connectivity index (χ1) is 6.70. The maximum Gasteiger partial charge on any atom is 0.116 e. The van der Waals surface area contributed by atoms with E-state index in [2.05, 4.69) is 42.9 Å². The van der Waals surface area contributed by atoms with Crippen LogP contribution in [-0.4, -0.2) is 9.97 Å². The van der Waals surface area contributed by atoms with Crippen molar-refractivity contribution < 1.29 is 0 Å². The van der Waals surface area contributed by atoms with Crippen LogP contribution in [0.25, 0.3) is 10.9 Å². The zero-order valence-electron chi connectivity index (χ0n) is 8.78. The van der Waals surface area contributed by atoms with Crippen molar-refractivity contribution >= 4 is 10.9 Å². The number of aryl methyl sites for hydroxylation is 1. The molecule has 0 unspecified atom stereocenters. The van der Waals surface area contributed by atoms with Gasteiger partial charge in [0.2, 0.25) is 0 Å². The third-order valence-electron chi connectivity index (χ3n) is 2.59. The van der Waals surface area contributed by atoms with E-state index in [1.165, 1.54) is 11.1 Å². The fourth-order valence-corrected chi connectivity index (χ4v) is 1.84. The van der Waals surface area contributed by atoms with Gasteiger partial charge in [0.15, 0.2) is 0 Å². The standard InChI is InChI=1S/C12H14N2/c1-8(2)11-5-4-10-6-13-7-14-12(10)9(11)3/h4-8H,1-3H3. The molecule has 0 aliphatic heterocycles. The molecule has 0 saturated carbocycles. The number of nitrogens with zero attached hydrogens (tertiary/aromatic N) is 2. The van der Waals surface area contributed by atoms with E-state index in [1.807, 2.05) is 6.20 Å². The summed E-state index contributed by atoms with van der Waals surface area (Å²) < 4.78 is 0. The number of hydrogen-bond acceptors (Lipinski definition) is 2. The van der Waals surface area contributed by atoms with Crippen molar-refractivity contribution in [2.75, 3.05) is 0 Å². The first kappa shape index (κ1) is 9.13. The van der Waals surface area contributed by atoms with Gasteiger partial charge in [-0.1, -0.05) is 26.0 Å². The van der Waals surface area contributed by atoms with Gasteiger partial charge in [-0.3, -0.25) is 0 Å². The highest BCUT2D eigenvalue weighted by molar-refractivity contribution is 5.81. The lowest BCUT2D eigenvalue weighted by Gasteiger charge is -2.10. The minimum absolute atomic E-state index is 0.550. The molecule has 0 aliphatic rings. The van der Waals surface area contributed by atoms with Crippen molar-refractivity contribution in [3.63, 3.8) is 0 Å². The molecule has 0 radical (unpaired) electrons. The van der Waals surface area contributed by atoms with Gasteiger partial charge in [-0.15, -0.1) is 0 Å². The first-order valence-corrected chi connectivity index (χ1v) is 4.89. The van der Waals surface area contributed by atoms with E-state index in [1.54, 1.807) is 6.33 Å². The zero-order chi connectivity index (χ0) is 10.1. The van der Waals surface area contributed by atoms with Gasteiger partial charge < -0.3 is 0 Å². The summed E-state index contributed by atoms with van der Waals surface area (Å²) in [6, 6.07) is 4.27. The van der Waals surface area contributed by atoms with E-state index in [-0.39, 0.29) is 0 Å². The quantitative estimate of drug-likeness (QED) is 0.684. The van der Waals surface area contributed by atoms with Gasteiger partial charge in [-0.25, -0.2) is 9.97 Å². The van der Waals surface area contributed by atoms with E-state index in [9.17, 15) is 0 Å². The summed E-state index contributed by atoms with van der Waals surface area (Å²) in [7, 11) is 0. The molecule has 0 N–H and O–H groups in total. The van der Waals surface area contributed by atoms with Gasteiger partial charge in [0.1, 0.15) is 6.33 Å². The van der Waals surface area contributed by atoms with Gasteiger partial charge in [-0.05, 0) is 24.0 Å². The van der Waals surface area contributed by atoms with Gasteiger partial charge in [-0.2, -0.15) is 0 Å². The van der Waals surface area contributed by atoms with Crippen molar-refractivity contribution in [3.8, 4) is 0 Å². The molecular formula is C12H14N2. The van der Waals surface area contributed by atoms with Crippen molar-refractivity contribution in [3.05, 3.63) is 35.8 Å². The number of benzene rings is 1. The second kappa shape index (κ2) is 3.37. The smallest absolute Gasteiger partial charge is 0.116 e. The maximum atomic E-state index is 4.31. The SMILES string of the molecule is Cc1c(C(C)C)ccc2cncnc12. The molecule has 2 heteroatoms. The second-order valence-electron chi connectivity index (χ2n) is 3.90. The number of rotatable bonds is 1. The molecule has 0 amide bonds. The predicted octanol–water partition coefficient (Wildman–Crippen LogP) is 3.06. The van der Waals surface area contributed by atoms with Crippen molar-refractivity contribution in [1.29, 1.82) is 0 Å². The fourth-order valence-electron chi connectivity index (χ4n) is 1.84. The summed E-state index contributed by atoms with van der Waals surface area (Å²) in [6.07, 6.45) is 3.47. The van der Waals surface area contributed by atoms with E-state index < -0.39 is 0 Å². The molecule has 2 rings (SSSR count). The molecule has 0 aliphatic carbocycles. The summed E-state index contributed by atoms with van der Waals surface area (Å²) in [6.45, 7) is 6.54. The third kappa shape index (κ3) is 1.37. The molecule has 2 aromatic rings. The van der Waals surface area contributed by atoms with Crippen LogP contribution in [0.3, 0.4) is 0 Å². The highest BCUT2D eigenvalue weighted by Crippen LogP contribution is 2.24. The zero-order valence-corrected chi connectivity index (χ0v) is 8.78.